The van der Waals surface area contributed by atoms with E-state index < -0.39 is 0 Å². The lowest BCUT2D eigenvalue weighted by Crippen LogP contribution is -2.07. The van der Waals surface area contributed by atoms with E-state index in [2.05, 4.69) is 29.1 Å². The van der Waals surface area contributed by atoms with Gasteiger partial charge in [0.05, 0.1) is 11.5 Å². The van der Waals surface area contributed by atoms with Crippen LogP contribution in [0.1, 0.15) is 24.6 Å². The fraction of sp³-hybridized carbons (Fsp3) is 0.333. The van der Waals surface area contributed by atoms with Crippen LogP contribution in [0.3, 0.4) is 0 Å². The van der Waals surface area contributed by atoms with E-state index in [0.717, 1.165) is 18.7 Å². The molecule has 0 saturated heterocycles. The molecule has 2 rings (SSSR count). The molecular formula is C15H19N3O2. The molecule has 5 heteroatoms. The predicted octanol–water partition coefficient (Wildman–Crippen LogP) is 3.73. The van der Waals surface area contributed by atoms with Gasteiger partial charge in [0, 0.05) is 35.8 Å². The summed E-state index contributed by atoms with van der Waals surface area (Å²) in [5.41, 5.74) is 2.77. The highest BCUT2D eigenvalue weighted by Gasteiger charge is 2.11. The fourth-order valence-electron chi connectivity index (χ4n) is 2.18. The number of rotatable bonds is 6. The molecule has 0 spiro atoms. The summed E-state index contributed by atoms with van der Waals surface area (Å²) in [5, 5.41) is 14.2. The molecule has 0 fully saturated rings. The van der Waals surface area contributed by atoms with Crippen LogP contribution in [0.25, 0.3) is 0 Å². The molecule has 0 aliphatic rings. The molecule has 0 aliphatic heterocycles. The van der Waals surface area contributed by atoms with Crippen molar-refractivity contribution >= 4 is 11.4 Å². The summed E-state index contributed by atoms with van der Waals surface area (Å²) in [7, 11) is 0. The Kier molecular flexibility index (Phi) is 4.40. The molecule has 1 aromatic carbocycles. The van der Waals surface area contributed by atoms with Crippen molar-refractivity contribution in [1.82, 2.24) is 4.57 Å². The van der Waals surface area contributed by atoms with Gasteiger partial charge in [0.2, 0.25) is 0 Å². The maximum Gasteiger partial charge on any atom is 0.274 e. The molecule has 0 aliphatic carbocycles. The summed E-state index contributed by atoms with van der Waals surface area (Å²) in [4.78, 5) is 10.6. The molecule has 1 N–H and O–H groups in total. The number of nitro groups is 1. The smallest absolute Gasteiger partial charge is 0.274 e. The molecule has 0 saturated carbocycles. The number of hydrogen-bond donors (Lipinski definition) is 1. The van der Waals surface area contributed by atoms with Gasteiger partial charge in [-0.1, -0.05) is 13.0 Å². The van der Waals surface area contributed by atoms with Crippen LogP contribution in [0.15, 0.2) is 36.5 Å². The minimum Gasteiger partial charge on any atom is -0.379 e. The van der Waals surface area contributed by atoms with Gasteiger partial charge in [-0.3, -0.25) is 10.1 Å². The van der Waals surface area contributed by atoms with Crippen LogP contribution < -0.4 is 5.32 Å². The molecule has 1 heterocycles. The molecule has 0 atom stereocenters. The van der Waals surface area contributed by atoms with Crippen molar-refractivity contribution in [3.05, 3.63) is 57.9 Å². The van der Waals surface area contributed by atoms with Crippen molar-refractivity contribution in [3.8, 4) is 0 Å². The zero-order chi connectivity index (χ0) is 14.5. The van der Waals surface area contributed by atoms with Crippen molar-refractivity contribution in [2.75, 3.05) is 5.32 Å². The average Bonchev–Trinajstić information content (AvgIpc) is 2.85. The Morgan fingerprint density at radius 1 is 1.35 bits per heavy atom. The van der Waals surface area contributed by atoms with E-state index in [1.165, 1.54) is 5.69 Å². The van der Waals surface area contributed by atoms with Crippen LogP contribution in [0.5, 0.6) is 0 Å². The second kappa shape index (κ2) is 6.23. The molecule has 5 nitrogen and oxygen atoms in total. The number of aromatic nitrogens is 1. The first kappa shape index (κ1) is 14.1. The van der Waals surface area contributed by atoms with Crippen molar-refractivity contribution < 1.29 is 4.92 Å². The van der Waals surface area contributed by atoms with Crippen LogP contribution in [-0.4, -0.2) is 9.49 Å². The normalized spacial score (nSPS) is 10.5. The first-order valence-corrected chi connectivity index (χ1v) is 6.74. The third kappa shape index (κ3) is 3.17. The molecule has 0 radical (unpaired) electrons. The van der Waals surface area contributed by atoms with Gasteiger partial charge in [-0.25, -0.2) is 0 Å². The topological polar surface area (TPSA) is 60.1 Å². The third-order valence-electron chi connectivity index (χ3n) is 3.27. The van der Waals surface area contributed by atoms with Crippen molar-refractivity contribution in [3.63, 3.8) is 0 Å². The van der Waals surface area contributed by atoms with Gasteiger partial charge in [-0.15, -0.1) is 0 Å². The van der Waals surface area contributed by atoms with Crippen molar-refractivity contribution in [2.45, 2.75) is 33.4 Å². The second-order valence-electron chi connectivity index (χ2n) is 4.80. The number of hydrogen-bond acceptors (Lipinski definition) is 3. The fourth-order valence-corrected chi connectivity index (χ4v) is 2.18. The summed E-state index contributed by atoms with van der Waals surface area (Å²) in [5.74, 6) is 0. The van der Waals surface area contributed by atoms with E-state index >= 15 is 0 Å². The number of nitrogens with one attached hydrogen (secondary N) is 1. The zero-order valence-electron chi connectivity index (χ0n) is 11.8. The summed E-state index contributed by atoms with van der Waals surface area (Å²) in [6.07, 6.45) is 3.13. The Morgan fingerprint density at radius 2 is 2.15 bits per heavy atom. The van der Waals surface area contributed by atoms with Crippen LogP contribution >= 0.6 is 0 Å². The zero-order valence-corrected chi connectivity index (χ0v) is 11.8. The minimum atomic E-state index is -0.347. The molecule has 1 aromatic heterocycles. The SMILES string of the molecule is CCCn1cccc1CNc1ccc(C)c([N+](=O)[O-])c1. The summed E-state index contributed by atoms with van der Waals surface area (Å²) < 4.78 is 2.19. The lowest BCUT2D eigenvalue weighted by molar-refractivity contribution is -0.385. The minimum absolute atomic E-state index is 0.152. The highest BCUT2D eigenvalue weighted by atomic mass is 16.6. The molecular weight excluding hydrogens is 254 g/mol. The van der Waals surface area contributed by atoms with Crippen molar-refractivity contribution in [2.24, 2.45) is 0 Å². The predicted molar refractivity (Wildman–Crippen MR) is 79.9 cm³/mol. The lowest BCUT2D eigenvalue weighted by atomic mass is 10.2. The number of aryl methyl sites for hydroxylation is 2. The Hall–Kier alpha value is -2.30. The summed E-state index contributed by atoms with van der Waals surface area (Å²) >= 11 is 0. The van der Waals surface area contributed by atoms with Gasteiger partial charge in [0.15, 0.2) is 0 Å². The van der Waals surface area contributed by atoms with Gasteiger partial charge in [0.1, 0.15) is 0 Å². The van der Waals surface area contributed by atoms with Gasteiger partial charge in [-0.2, -0.15) is 0 Å². The Morgan fingerprint density at radius 3 is 2.85 bits per heavy atom. The summed E-state index contributed by atoms with van der Waals surface area (Å²) in [6.45, 7) is 5.53. The number of nitrogens with zero attached hydrogens (tertiary/aromatic N) is 2. The molecule has 106 valence electrons. The third-order valence-corrected chi connectivity index (χ3v) is 3.27. The van der Waals surface area contributed by atoms with E-state index in [1.807, 2.05) is 12.1 Å². The molecule has 2 aromatic rings. The maximum absolute atomic E-state index is 10.9. The Labute approximate surface area is 118 Å². The molecule has 20 heavy (non-hydrogen) atoms. The van der Waals surface area contributed by atoms with Crippen LogP contribution in [-0.2, 0) is 13.1 Å². The molecule has 0 unspecified atom stereocenters. The van der Waals surface area contributed by atoms with Crippen molar-refractivity contribution in [1.29, 1.82) is 0 Å². The highest BCUT2D eigenvalue weighted by molar-refractivity contribution is 5.54. The van der Waals surface area contributed by atoms with Gasteiger partial charge in [0.25, 0.3) is 5.69 Å². The second-order valence-corrected chi connectivity index (χ2v) is 4.80. The van der Waals surface area contributed by atoms with E-state index in [-0.39, 0.29) is 10.6 Å². The summed E-state index contributed by atoms with van der Waals surface area (Å²) in [6, 6.07) is 9.30. The molecule has 0 amide bonds. The Balaban J connectivity index is 2.09. The van der Waals surface area contributed by atoms with Crippen LogP contribution in [0.2, 0.25) is 0 Å². The van der Waals surface area contributed by atoms with Gasteiger partial charge < -0.3 is 9.88 Å². The quantitative estimate of drug-likeness (QED) is 0.644. The number of anilines is 1. The van der Waals surface area contributed by atoms with E-state index in [9.17, 15) is 10.1 Å². The highest BCUT2D eigenvalue weighted by Crippen LogP contribution is 2.22. The van der Waals surface area contributed by atoms with E-state index in [0.29, 0.717) is 12.1 Å². The van der Waals surface area contributed by atoms with Gasteiger partial charge in [-0.05, 0) is 31.5 Å². The maximum atomic E-state index is 10.9. The number of benzene rings is 1. The van der Waals surface area contributed by atoms with E-state index in [4.69, 9.17) is 0 Å². The van der Waals surface area contributed by atoms with E-state index in [1.54, 1.807) is 19.1 Å². The van der Waals surface area contributed by atoms with Gasteiger partial charge >= 0.3 is 0 Å². The monoisotopic (exact) mass is 273 g/mol. The van der Waals surface area contributed by atoms with Crippen LogP contribution in [0, 0.1) is 17.0 Å². The standard InChI is InChI=1S/C15H19N3O2/c1-3-8-17-9-4-5-14(17)11-16-13-7-6-12(2)15(10-13)18(19)20/h4-7,9-10,16H,3,8,11H2,1-2H3. The largest absolute Gasteiger partial charge is 0.379 e. The number of nitro benzene ring substituents is 1. The molecule has 0 bridgehead atoms. The lowest BCUT2D eigenvalue weighted by Gasteiger charge is -2.10. The average molecular weight is 273 g/mol. The Bertz CT molecular complexity index is 605. The van der Waals surface area contributed by atoms with Crippen LogP contribution in [0.4, 0.5) is 11.4 Å². The first-order valence-electron chi connectivity index (χ1n) is 6.74. The first-order chi connectivity index (χ1) is 9.61.